The van der Waals surface area contributed by atoms with Gasteiger partial charge in [-0.15, -0.1) is 0 Å². The highest BCUT2D eigenvalue weighted by atomic mass is 35.5. The van der Waals surface area contributed by atoms with Crippen LogP contribution in [0.15, 0.2) is 34.4 Å². The van der Waals surface area contributed by atoms with Crippen molar-refractivity contribution >= 4 is 40.6 Å². The molecule has 1 aliphatic rings. The van der Waals surface area contributed by atoms with Gasteiger partial charge in [0, 0.05) is 29.7 Å². The first-order valence-electron chi connectivity index (χ1n) is 8.81. The van der Waals surface area contributed by atoms with Gasteiger partial charge in [0.25, 0.3) is 0 Å². The molecule has 0 aromatic carbocycles. The number of fused-ring (bicyclic) bond motifs is 1. The Labute approximate surface area is 167 Å². The van der Waals surface area contributed by atoms with Crippen molar-refractivity contribution in [2.45, 2.75) is 42.0 Å². The number of hydrogen-bond acceptors (Lipinski definition) is 7. The van der Waals surface area contributed by atoms with Crippen molar-refractivity contribution in [3.8, 4) is 0 Å². The van der Waals surface area contributed by atoms with E-state index in [0.717, 1.165) is 52.8 Å². The van der Waals surface area contributed by atoms with Crippen LogP contribution in [-0.4, -0.2) is 38.2 Å². The first-order valence-corrected chi connectivity index (χ1v) is 10.0. The minimum Gasteiger partial charge on any atom is -0.382 e. The van der Waals surface area contributed by atoms with Crippen LogP contribution in [0.5, 0.6) is 0 Å². The molecule has 0 radical (unpaired) electrons. The van der Waals surface area contributed by atoms with E-state index < -0.39 is 0 Å². The summed E-state index contributed by atoms with van der Waals surface area (Å²) in [4.78, 5) is 12.7. The number of anilines is 2. The van der Waals surface area contributed by atoms with E-state index in [-0.39, 0.29) is 5.54 Å². The predicted molar refractivity (Wildman–Crippen MR) is 110 cm³/mol. The zero-order valence-electron chi connectivity index (χ0n) is 15.3. The molecule has 4 N–H and O–H groups in total. The summed E-state index contributed by atoms with van der Waals surface area (Å²) in [6.45, 7) is 6.00. The number of rotatable bonds is 3. The third-order valence-corrected chi connectivity index (χ3v) is 6.77. The SMILES string of the molecule is Cc1cc(N2CCC(C)(N)CC2)n2ncnc2c1Sc1ccnc(N)c1Cl. The molecule has 0 unspecified atom stereocenters. The highest BCUT2D eigenvalue weighted by molar-refractivity contribution is 7.99. The molecular formula is C18H22ClN7S. The summed E-state index contributed by atoms with van der Waals surface area (Å²) in [7, 11) is 0. The van der Waals surface area contributed by atoms with E-state index >= 15 is 0 Å². The van der Waals surface area contributed by atoms with Crippen molar-refractivity contribution in [3.63, 3.8) is 0 Å². The number of piperidine rings is 1. The number of aromatic nitrogens is 4. The number of nitrogens with two attached hydrogens (primary N) is 2. The van der Waals surface area contributed by atoms with Crippen LogP contribution in [0.1, 0.15) is 25.3 Å². The zero-order valence-corrected chi connectivity index (χ0v) is 16.9. The number of nitrogens with zero attached hydrogens (tertiary/aromatic N) is 5. The van der Waals surface area contributed by atoms with Crippen LogP contribution >= 0.6 is 23.4 Å². The fourth-order valence-electron chi connectivity index (χ4n) is 3.29. The lowest BCUT2D eigenvalue weighted by atomic mass is 9.91. The quantitative estimate of drug-likeness (QED) is 0.693. The monoisotopic (exact) mass is 403 g/mol. The average molecular weight is 404 g/mol. The molecule has 1 saturated heterocycles. The molecule has 0 amide bonds. The number of halogens is 1. The van der Waals surface area contributed by atoms with Crippen molar-refractivity contribution in [2.24, 2.45) is 5.73 Å². The van der Waals surface area contributed by atoms with Crippen molar-refractivity contribution in [1.82, 2.24) is 19.6 Å². The van der Waals surface area contributed by atoms with Gasteiger partial charge in [0.05, 0.1) is 9.92 Å². The Morgan fingerprint density at radius 1 is 1.26 bits per heavy atom. The van der Waals surface area contributed by atoms with Crippen molar-refractivity contribution in [3.05, 3.63) is 35.2 Å². The van der Waals surface area contributed by atoms with Gasteiger partial charge in [0.15, 0.2) is 5.65 Å². The fourth-order valence-corrected chi connectivity index (χ4v) is 4.51. The van der Waals surface area contributed by atoms with E-state index in [0.29, 0.717) is 10.8 Å². The number of hydrogen-bond donors (Lipinski definition) is 2. The van der Waals surface area contributed by atoms with Gasteiger partial charge in [-0.25, -0.2) is 9.97 Å². The third-order valence-electron chi connectivity index (χ3n) is 4.99. The summed E-state index contributed by atoms with van der Waals surface area (Å²) >= 11 is 7.86. The van der Waals surface area contributed by atoms with Gasteiger partial charge in [-0.2, -0.15) is 9.61 Å². The van der Waals surface area contributed by atoms with Crippen LogP contribution < -0.4 is 16.4 Å². The fraction of sp³-hybridized carbons (Fsp3) is 0.389. The van der Waals surface area contributed by atoms with Gasteiger partial charge in [-0.1, -0.05) is 23.4 Å². The smallest absolute Gasteiger partial charge is 0.171 e. The predicted octanol–water partition coefficient (Wildman–Crippen LogP) is 3.14. The first kappa shape index (κ1) is 18.3. The maximum Gasteiger partial charge on any atom is 0.171 e. The number of pyridine rings is 2. The van der Waals surface area contributed by atoms with Crippen LogP contribution in [0.4, 0.5) is 11.6 Å². The summed E-state index contributed by atoms with van der Waals surface area (Å²) < 4.78 is 1.90. The van der Waals surface area contributed by atoms with Crippen LogP contribution in [0.25, 0.3) is 5.65 Å². The molecule has 3 aromatic rings. The molecule has 0 atom stereocenters. The highest BCUT2D eigenvalue weighted by Crippen LogP contribution is 2.40. The van der Waals surface area contributed by atoms with Crippen molar-refractivity contribution in [2.75, 3.05) is 23.7 Å². The lowest BCUT2D eigenvalue weighted by Gasteiger charge is -2.38. The highest BCUT2D eigenvalue weighted by Gasteiger charge is 2.28. The molecule has 142 valence electrons. The second-order valence-electron chi connectivity index (χ2n) is 7.26. The molecule has 7 nitrogen and oxygen atoms in total. The summed E-state index contributed by atoms with van der Waals surface area (Å²) in [6.07, 6.45) is 5.14. The topological polar surface area (TPSA) is 98.4 Å². The summed E-state index contributed by atoms with van der Waals surface area (Å²) in [6, 6.07) is 4.01. The lowest BCUT2D eigenvalue weighted by molar-refractivity contribution is 0.362. The molecule has 27 heavy (non-hydrogen) atoms. The number of nitrogen functional groups attached to an aromatic ring is 1. The van der Waals surface area contributed by atoms with Gasteiger partial charge < -0.3 is 16.4 Å². The van der Waals surface area contributed by atoms with Crippen LogP contribution in [0.2, 0.25) is 5.02 Å². The summed E-state index contributed by atoms with van der Waals surface area (Å²) in [5.41, 5.74) is 14.0. The normalized spacial score (nSPS) is 16.8. The van der Waals surface area contributed by atoms with Crippen LogP contribution in [0, 0.1) is 6.92 Å². The maximum atomic E-state index is 6.33. The first-order chi connectivity index (χ1) is 12.9. The van der Waals surface area contributed by atoms with Crippen LogP contribution in [-0.2, 0) is 0 Å². The van der Waals surface area contributed by atoms with E-state index in [4.69, 9.17) is 23.1 Å². The average Bonchev–Trinajstić information content (AvgIpc) is 3.10. The van der Waals surface area contributed by atoms with E-state index in [1.54, 1.807) is 12.5 Å². The van der Waals surface area contributed by atoms with Crippen molar-refractivity contribution in [1.29, 1.82) is 0 Å². The molecule has 4 heterocycles. The Morgan fingerprint density at radius 3 is 2.74 bits per heavy atom. The molecule has 0 bridgehead atoms. The van der Waals surface area contributed by atoms with Crippen molar-refractivity contribution < 1.29 is 0 Å². The molecule has 0 saturated carbocycles. The zero-order chi connectivity index (χ0) is 19.2. The Morgan fingerprint density at radius 2 is 2.00 bits per heavy atom. The van der Waals surface area contributed by atoms with Gasteiger partial charge in [-0.05, 0) is 44.4 Å². The van der Waals surface area contributed by atoms with E-state index in [1.165, 1.54) is 11.8 Å². The largest absolute Gasteiger partial charge is 0.382 e. The molecule has 1 fully saturated rings. The van der Waals surface area contributed by atoms with Gasteiger partial charge in [0.1, 0.15) is 18.0 Å². The molecule has 4 rings (SSSR count). The molecule has 1 aliphatic heterocycles. The third kappa shape index (κ3) is 3.44. The number of aryl methyl sites for hydroxylation is 1. The Hall–Kier alpha value is -2.03. The second kappa shape index (κ2) is 6.85. The Balaban J connectivity index is 1.73. The van der Waals surface area contributed by atoms with E-state index in [9.17, 15) is 0 Å². The maximum absolute atomic E-state index is 6.33. The molecule has 3 aromatic heterocycles. The minimum atomic E-state index is -0.0964. The molecule has 9 heteroatoms. The van der Waals surface area contributed by atoms with E-state index in [1.807, 2.05) is 10.6 Å². The molecule has 0 spiro atoms. The summed E-state index contributed by atoms with van der Waals surface area (Å²) in [5, 5.41) is 4.92. The molecular weight excluding hydrogens is 382 g/mol. The van der Waals surface area contributed by atoms with Crippen LogP contribution in [0.3, 0.4) is 0 Å². The lowest BCUT2D eigenvalue weighted by Crippen LogP contribution is -2.48. The van der Waals surface area contributed by atoms with Gasteiger partial charge in [-0.3, -0.25) is 0 Å². The van der Waals surface area contributed by atoms with Gasteiger partial charge >= 0.3 is 0 Å². The van der Waals surface area contributed by atoms with E-state index in [2.05, 4.69) is 39.9 Å². The second-order valence-corrected chi connectivity index (χ2v) is 8.69. The minimum absolute atomic E-state index is 0.0964. The van der Waals surface area contributed by atoms with Gasteiger partial charge in [0.2, 0.25) is 0 Å². The summed E-state index contributed by atoms with van der Waals surface area (Å²) in [5.74, 6) is 1.37. The standard InChI is InChI=1S/C18H22ClN7S/c1-11-9-13(25-7-4-18(2,21)5-8-25)26-17(23-10-24-26)15(11)27-12-3-6-22-16(20)14(12)19/h3,6,9-10H,4-5,7-8,21H2,1-2H3,(H2,20,22). The Kier molecular flexibility index (Phi) is 4.65. The Bertz CT molecular complexity index is 991. The molecule has 0 aliphatic carbocycles.